The summed E-state index contributed by atoms with van der Waals surface area (Å²) in [6.45, 7) is 4.97. The van der Waals surface area contributed by atoms with Crippen molar-refractivity contribution in [1.82, 2.24) is 10.2 Å². The van der Waals surface area contributed by atoms with E-state index in [0.717, 1.165) is 24.8 Å². The molecule has 0 saturated carbocycles. The first-order valence-electron chi connectivity index (χ1n) is 10.5. The topological polar surface area (TPSA) is 105 Å². The predicted molar refractivity (Wildman–Crippen MR) is 111 cm³/mol. The molecule has 0 aliphatic carbocycles. The molecule has 2 N–H and O–H groups in total. The quantitative estimate of drug-likeness (QED) is 0.561. The van der Waals surface area contributed by atoms with Gasteiger partial charge in [0.05, 0.1) is 6.61 Å². The molecule has 1 fully saturated rings. The van der Waals surface area contributed by atoms with Gasteiger partial charge in [-0.2, -0.15) is 0 Å². The fraction of sp³-hybridized carbons (Fsp3) is 0.591. The van der Waals surface area contributed by atoms with Gasteiger partial charge in [0.1, 0.15) is 18.7 Å². The van der Waals surface area contributed by atoms with Crippen molar-refractivity contribution in [2.45, 2.75) is 58.2 Å². The minimum absolute atomic E-state index is 0.252. The lowest BCUT2D eigenvalue weighted by molar-refractivity contribution is -0.147. The van der Waals surface area contributed by atoms with Crippen LogP contribution in [0.3, 0.4) is 0 Å². The average molecular weight is 421 g/mol. The average Bonchev–Trinajstić information content (AvgIpc) is 2.75. The van der Waals surface area contributed by atoms with Crippen molar-refractivity contribution in [2.75, 3.05) is 19.7 Å². The molecule has 1 aromatic carbocycles. The van der Waals surface area contributed by atoms with Crippen LogP contribution in [0, 0.1) is 5.92 Å². The minimum atomic E-state index is -1.01. The number of esters is 1. The van der Waals surface area contributed by atoms with Crippen LogP contribution in [0.4, 0.5) is 4.79 Å². The Kier molecular flexibility index (Phi) is 9.60. The molecular weight excluding hydrogens is 388 g/mol. The second-order valence-corrected chi connectivity index (χ2v) is 7.58. The van der Waals surface area contributed by atoms with Crippen molar-refractivity contribution < 1.29 is 29.0 Å². The second-order valence-electron chi connectivity index (χ2n) is 7.58. The van der Waals surface area contributed by atoms with Gasteiger partial charge in [-0.1, -0.05) is 30.3 Å². The standard InChI is InChI=1S/C22H32N2O6/c1-3-29-21(27)19(23-16(2)20(25)26)10-9-17-11-13-24(14-12-17)22(28)30-15-18-7-5-4-6-8-18/h4-8,16-17,19,23H,3,9-15H2,1-2H3,(H,25,26)/t16-,19-/m0/s1. The zero-order valence-corrected chi connectivity index (χ0v) is 17.7. The summed E-state index contributed by atoms with van der Waals surface area (Å²) in [6, 6.07) is 8.08. The lowest BCUT2D eigenvalue weighted by atomic mass is 9.90. The first-order chi connectivity index (χ1) is 14.4. The minimum Gasteiger partial charge on any atom is -0.480 e. The van der Waals surface area contributed by atoms with Crippen LogP contribution < -0.4 is 5.32 Å². The molecule has 0 spiro atoms. The Morgan fingerprint density at radius 1 is 1.17 bits per heavy atom. The molecule has 1 aliphatic heterocycles. The summed E-state index contributed by atoms with van der Waals surface area (Å²) in [7, 11) is 0. The monoisotopic (exact) mass is 420 g/mol. The maximum absolute atomic E-state index is 12.3. The van der Waals surface area contributed by atoms with Crippen molar-refractivity contribution in [3.05, 3.63) is 35.9 Å². The molecule has 0 radical (unpaired) electrons. The van der Waals surface area contributed by atoms with Crippen molar-refractivity contribution in [1.29, 1.82) is 0 Å². The molecule has 1 amide bonds. The van der Waals surface area contributed by atoms with E-state index in [0.29, 0.717) is 25.4 Å². The van der Waals surface area contributed by atoms with Crippen molar-refractivity contribution in [3.63, 3.8) is 0 Å². The van der Waals surface area contributed by atoms with Crippen LogP contribution >= 0.6 is 0 Å². The fourth-order valence-corrected chi connectivity index (χ4v) is 3.50. The first kappa shape index (κ1) is 23.7. The van der Waals surface area contributed by atoms with Gasteiger partial charge in [0.15, 0.2) is 0 Å². The van der Waals surface area contributed by atoms with Gasteiger partial charge in [0, 0.05) is 13.1 Å². The number of carboxylic acids is 1. The summed E-state index contributed by atoms with van der Waals surface area (Å²) >= 11 is 0. The third-order valence-electron chi connectivity index (χ3n) is 5.33. The van der Waals surface area contributed by atoms with E-state index in [1.165, 1.54) is 6.92 Å². The lowest BCUT2D eigenvalue weighted by Gasteiger charge is -2.32. The van der Waals surface area contributed by atoms with Crippen LogP contribution in [0.15, 0.2) is 30.3 Å². The van der Waals surface area contributed by atoms with Crippen LogP contribution in [-0.2, 0) is 25.7 Å². The zero-order valence-electron chi connectivity index (χ0n) is 17.7. The summed E-state index contributed by atoms with van der Waals surface area (Å²) < 4.78 is 10.5. The highest BCUT2D eigenvalue weighted by molar-refractivity contribution is 5.78. The molecule has 30 heavy (non-hydrogen) atoms. The van der Waals surface area contributed by atoms with E-state index in [4.69, 9.17) is 14.6 Å². The number of rotatable bonds is 10. The number of amides is 1. The number of hydrogen-bond donors (Lipinski definition) is 2. The largest absolute Gasteiger partial charge is 0.480 e. The Labute approximate surface area is 177 Å². The molecule has 166 valence electrons. The molecule has 1 aliphatic rings. The van der Waals surface area contributed by atoms with Gasteiger partial charge in [-0.25, -0.2) is 4.79 Å². The summed E-state index contributed by atoms with van der Waals surface area (Å²) in [6.07, 6.45) is 2.60. The van der Waals surface area contributed by atoms with Crippen LogP contribution in [0.2, 0.25) is 0 Å². The molecule has 0 aromatic heterocycles. The Bertz CT molecular complexity index is 688. The number of carboxylic acid groups (broad SMARTS) is 1. The molecule has 1 aromatic rings. The number of aliphatic carboxylic acids is 1. The summed E-state index contributed by atoms with van der Waals surface area (Å²) in [5.74, 6) is -1.07. The van der Waals surface area contributed by atoms with Gasteiger partial charge < -0.3 is 19.5 Å². The Morgan fingerprint density at radius 3 is 2.43 bits per heavy atom. The van der Waals surface area contributed by atoms with E-state index in [-0.39, 0.29) is 19.3 Å². The number of carbonyl (C=O) groups excluding carboxylic acids is 2. The van der Waals surface area contributed by atoms with Crippen LogP contribution in [0.5, 0.6) is 0 Å². The Balaban J connectivity index is 1.75. The van der Waals surface area contributed by atoms with E-state index in [9.17, 15) is 14.4 Å². The number of nitrogens with zero attached hydrogens (tertiary/aromatic N) is 1. The van der Waals surface area contributed by atoms with Crippen LogP contribution in [0.25, 0.3) is 0 Å². The highest BCUT2D eigenvalue weighted by Crippen LogP contribution is 2.23. The van der Waals surface area contributed by atoms with Gasteiger partial charge >= 0.3 is 18.0 Å². The van der Waals surface area contributed by atoms with Gasteiger partial charge in [-0.05, 0) is 51.0 Å². The Hall–Kier alpha value is -2.61. The Morgan fingerprint density at radius 2 is 1.83 bits per heavy atom. The number of hydrogen-bond acceptors (Lipinski definition) is 6. The third kappa shape index (κ3) is 7.67. The summed E-state index contributed by atoms with van der Waals surface area (Å²) in [5, 5.41) is 11.9. The highest BCUT2D eigenvalue weighted by atomic mass is 16.6. The van der Waals surface area contributed by atoms with Crippen molar-refractivity contribution in [3.8, 4) is 0 Å². The van der Waals surface area contributed by atoms with Crippen LogP contribution in [-0.4, -0.2) is 59.8 Å². The van der Waals surface area contributed by atoms with Gasteiger partial charge in [-0.15, -0.1) is 0 Å². The molecule has 8 nitrogen and oxygen atoms in total. The fourth-order valence-electron chi connectivity index (χ4n) is 3.50. The molecule has 0 bridgehead atoms. The first-order valence-corrected chi connectivity index (χ1v) is 10.5. The van der Waals surface area contributed by atoms with Gasteiger partial charge in [-0.3, -0.25) is 14.9 Å². The van der Waals surface area contributed by atoms with Gasteiger partial charge in [0.2, 0.25) is 0 Å². The number of benzene rings is 1. The smallest absolute Gasteiger partial charge is 0.410 e. The molecule has 1 heterocycles. The maximum atomic E-state index is 12.3. The van der Waals surface area contributed by atoms with Crippen molar-refractivity contribution >= 4 is 18.0 Å². The molecular formula is C22H32N2O6. The van der Waals surface area contributed by atoms with E-state index < -0.39 is 24.0 Å². The number of carbonyl (C=O) groups is 3. The van der Waals surface area contributed by atoms with Crippen molar-refractivity contribution in [2.24, 2.45) is 5.92 Å². The summed E-state index contributed by atoms with van der Waals surface area (Å²) in [4.78, 5) is 37.2. The van der Waals surface area contributed by atoms with E-state index >= 15 is 0 Å². The second kappa shape index (κ2) is 12.2. The summed E-state index contributed by atoms with van der Waals surface area (Å²) in [5.41, 5.74) is 0.953. The normalized spacial score (nSPS) is 16.5. The number of likely N-dealkylation sites (tertiary alicyclic amines) is 1. The third-order valence-corrected chi connectivity index (χ3v) is 5.33. The number of piperidine rings is 1. The molecule has 8 heteroatoms. The lowest BCUT2D eigenvalue weighted by Crippen LogP contribution is -2.46. The van der Waals surface area contributed by atoms with Crippen LogP contribution in [0.1, 0.15) is 45.1 Å². The zero-order chi connectivity index (χ0) is 21.9. The number of nitrogens with one attached hydrogen (secondary N) is 1. The SMILES string of the molecule is CCOC(=O)[C@H](CCC1CCN(C(=O)OCc2ccccc2)CC1)N[C@@H](C)C(=O)O. The van der Waals surface area contributed by atoms with Gasteiger partial charge in [0.25, 0.3) is 0 Å². The highest BCUT2D eigenvalue weighted by Gasteiger charge is 2.28. The molecule has 2 rings (SSSR count). The maximum Gasteiger partial charge on any atom is 0.410 e. The molecule has 2 atom stereocenters. The predicted octanol–water partition coefficient (Wildman–Crippen LogP) is 2.81. The van der Waals surface area contributed by atoms with E-state index in [2.05, 4.69) is 5.32 Å². The molecule has 1 saturated heterocycles. The van der Waals surface area contributed by atoms with E-state index in [1.54, 1.807) is 11.8 Å². The molecule has 0 unspecified atom stereocenters. The van der Waals surface area contributed by atoms with E-state index in [1.807, 2.05) is 30.3 Å². The number of ether oxygens (including phenoxy) is 2.